The van der Waals surface area contributed by atoms with Crippen LogP contribution < -0.4 is 0 Å². The van der Waals surface area contributed by atoms with Gasteiger partial charge >= 0.3 is 5.97 Å². The van der Waals surface area contributed by atoms with Gasteiger partial charge in [0.25, 0.3) is 0 Å². The fraction of sp³-hybridized carbons (Fsp3) is 0.364. The summed E-state index contributed by atoms with van der Waals surface area (Å²) in [6.07, 6.45) is 10.9. The first kappa shape index (κ1) is 18.3. The number of carboxylic acid groups (broad SMARTS) is 1. The third-order valence-corrected chi connectivity index (χ3v) is 5.01. The molecule has 2 aromatic rings. The highest BCUT2D eigenvalue weighted by Gasteiger charge is 2.34. The van der Waals surface area contributed by atoms with Gasteiger partial charge in [-0.15, -0.1) is 0 Å². The van der Waals surface area contributed by atoms with Crippen LogP contribution in [0.4, 0.5) is 0 Å². The van der Waals surface area contributed by atoms with Crippen molar-refractivity contribution in [2.75, 3.05) is 6.54 Å². The lowest BCUT2D eigenvalue weighted by Crippen LogP contribution is -2.25. The first-order chi connectivity index (χ1) is 12.7. The Hall–Kier alpha value is -2.46. The number of carboxylic acids is 1. The average Bonchev–Trinajstić information content (AvgIpc) is 3.05. The average molecular weight is 350 g/mol. The van der Waals surface area contributed by atoms with Crippen LogP contribution in [0, 0.1) is 5.92 Å². The minimum Gasteiger partial charge on any atom is -0.481 e. The maximum atomic E-state index is 10.6. The number of aliphatic carboxylic acids is 1. The molecule has 2 heterocycles. The predicted octanol–water partition coefficient (Wildman–Crippen LogP) is 4.46. The molecule has 4 heteroatoms. The van der Waals surface area contributed by atoms with Crippen LogP contribution in [-0.2, 0) is 11.3 Å². The Kier molecular flexibility index (Phi) is 6.56. The number of benzene rings is 1. The summed E-state index contributed by atoms with van der Waals surface area (Å²) in [7, 11) is 0. The summed E-state index contributed by atoms with van der Waals surface area (Å²) >= 11 is 0. The van der Waals surface area contributed by atoms with Gasteiger partial charge in [-0.05, 0) is 48.9 Å². The molecule has 3 rings (SSSR count). The van der Waals surface area contributed by atoms with Crippen LogP contribution in [0.15, 0.2) is 67.0 Å². The van der Waals surface area contributed by atoms with Gasteiger partial charge < -0.3 is 5.11 Å². The number of allylic oxidation sites excluding steroid dienone is 2. The van der Waals surface area contributed by atoms with E-state index in [-0.39, 0.29) is 6.42 Å². The third kappa shape index (κ3) is 5.02. The van der Waals surface area contributed by atoms with Crippen molar-refractivity contribution in [3.05, 3.63) is 78.1 Å². The van der Waals surface area contributed by atoms with Gasteiger partial charge in [0.2, 0.25) is 0 Å². The lowest BCUT2D eigenvalue weighted by atomic mass is 9.91. The lowest BCUT2D eigenvalue weighted by Gasteiger charge is -2.28. The summed E-state index contributed by atoms with van der Waals surface area (Å²) in [5.74, 6) is -0.207. The Morgan fingerprint density at radius 2 is 2.04 bits per heavy atom. The SMILES string of the molecule is O=C(O)CC/C=C\CC1CCN(Cc2ccccc2)C1c1cccnc1. The molecule has 1 aliphatic heterocycles. The molecular formula is C22H26N2O2. The van der Waals surface area contributed by atoms with Gasteiger partial charge in [-0.2, -0.15) is 0 Å². The summed E-state index contributed by atoms with van der Waals surface area (Å²) in [6.45, 7) is 2.02. The third-order valence-electron chi connectivity index (χ3n) is 5.01. The fourth-order valence-electron chi connectivity index (χ4n) is 3.80. The van der Waals surface area contributed by atoms with Crippen LogP contribution in [-0.4, -0.2) is 27.5 Å². The summed E-state index contributed by atoms with van der Waals surface area (Å²) in [5, 5.41) is 8.74. The Bertz CT molecular complexity index is 715. The molecule has 1 aromatic heterocycles. The number of pyridine rings is 1. The van der Waals surface area contributed by atoms with E-state index < -0.39 is 5.97 Å². The van der Waals surface area contributed by atoms with E-state index >= 15 is 0 Å². The molecular weight excluding hydrogens is 324 g/mol. The van der Waals surface area contributed by atoms with E-state index in [2.05, 4.69) is 52.4 Å². The van der Waals surface area contributed by atoms with E-state index in [4.69, 9.17) is 5.11 Å². The molecule has 2 unspecified atom stereocenters. The van der Waals surface area contributed by atoms with Gasteiger partial charge in [-0.25, -0.2) is 0 Å². The Morgan fingerprint density at radius 3 is 2.77 bits per heavy atom. The van der Waals surface area contributed by atoms with Crippen molar-refractivity contribution in [3.63, 3.8) is 0 Å². The van der Waals surface area contributed by atoms with Crippen molar-refractivity contribution in [3.8, 4) is 0 Å². The molecule has 26 heavy (non-hydrogen) atoms. The number of nitrogens with zero attached hydrogens (tertiary/aromatic N) is 2. The zero-order valence-electron chi connectivity index (χ0n) is 15.0. The van der Waals surface area contributed by atoms with Gasteiger partial charge in [0, 0.05) is 31.4 Å². The predicted molar refractivity (Wildman–Crippen MR) is 103 cm³/mol. The van der Waals surface area contributed by atoms with Gasteiger partial charge in [0.15, 0.2) is 0 Å². The van der Waals surface area contributed by atoms with Crippen molar-refractivity contribution in [1.29, 1.82) is 0 Å². The minimum absolute atomic E-state index is 0.202. The van der Waals surface area contributed by atoms with Crippen LogP contribution in [0.1, 0.15) is 42.9 Å². The van der Waals surface area contributed by atoms with Crippen molar-refractivity contribution in [1.82, 2.24) is 9.88 Å². The van der Waals surface area contributed by atoms with Crippen LogP contribution in [0.3, 0.4) is 0 Å². The molecule has 1 aliphatic rings. The number of hydrogen-bond donors (Lipinski definition) is 1. The molecule has 0 spiro atoms. The van der Waals surface area contributed by atoms with Gasteiger partial charge in [0.05, 0.1) is 0 Å². The molecule has 0 bridgehead atoms. The number of rotatable bonds is 8. The zero-order chi connectivity index (χ0) is 18.2. The van der Waals surface area contributed by atoms with Crippen LogP contribution in [0.2, 0.25) is 0 Å². The highest BCUT2D eigenvalue weighted by atomic mass is 16.4. The zero-order valence-corrected chi connectivity index (χ0v) is 15.0. The minimum atomic E-state index is -0.738. The summed E-state index contributed by atoms with van der Waals surface area (Å²) in [4.78, 5) is 17.5. The van der Waals surface area contributed by atoms with Crippen molar-refractivity contribution in [2.24, 2.45) is 5.92 Å². The Morgan fingerprint density at radius 1 is 1.19 bits per heavy atom. The monoisotopic (exact) mass is 350 g/mol. The summed E-state index contributed by atoms with van der Waals surface area (Å²) in [6, 6.07) is 15.1. The normalized spacial score (nSPS) is 20.6. The number of likely N-dealkylation sites (tertiary alicyclic amines) is 1. The summed E-state index contributed by atoms with van der Waals surface area (Å²) < 4.78 is 0. The van der Waals surface area contributed by atoms with E-state index in [9.17, 15) is 4.79 Å². The Balaban J connectivity index is 1.69. The smallest absolute Gasteiger partial charge is 0.303 e. The van der Waals surface area contributed by atoms with Crippen LogP contribution in [0.5, 0.6) is 0 Å². The van der Waals surface area contributed by atoms with Gasteiger partial charge in [0.1, 0.15) is 0 Å². The molecule has 136 valence electrons. The molecule has 1 saturated heterocycles. The molecule has 2 atom stereocenters. The molecule has 4 nitrogen and oxygen atoms in total. The van der Waals surface area contributed by atoms with E-state index in [0.29, 0.717) is 18.4 Å². The highest BCUT2D eigenvalue weighted by molar-refractivity contribution is 5.66. The number of carbonyl (C=O) groups is 1. The second-order valence-electron chi connectivity index (χ2n) is 6.88. The second-order valence-corrected chi connectivity index (χ2v) is 6.88. The number of aromatic nitrogens is 1. The van der Waals surface area contributed by atoms with Crippen molar-refractivity contribution < 1.29 is 9.90 Å². The topological polar surface area (TPSA) is 53.4 Å². The molecule has 1 aromatic carbocycles. The second kappa shape index (κ2) is 9.30. The van der Waals surface area contributed by atoms with Crippen molar-refractivity contribution in [2.45, 2.75) is 38.3 Å². The van der Waals surface area contributed by atoms with Crippen LogP contribution in [0.25, 0.3) is 0 Å². The fourth-order valence-corrected chi connectivity index (χ4v) is 3.80. The number of hydrogen-bond acceptors (Lipinski definition) is 3. The first-order valence-corrected chi connectivity index (χ1v) is 9.28. The van der Waals surface area contributed by atoms with Gasteiger partial charge in [-0.3, -0.25) is 14.7 Å². The quantitative estimate of drug-likeness (QED) is 0.714. The standard InChI is InChI=1S/C22H26N2O2/c25-21(26)12-6-2-5-10-19-13-15-24(17-18-8-3-1-4-9-18)22(19)20-11-7-14-23-16-20/h1-5,7-9,11,14,16,19,22H,6,10,12-13,15,17H2,(H,25,26)/b5-2-. The largest absolute Gasteiger partial charge is 0.481 e. The van der Waals surface area contributed by atoms with Crippen LogP contribution >= 0.6 is 0 Å². The highest BCUT2D eigenvalue weighted by Crippen LogP contribution is 2.40. The molecule has 1 fully saturated rings. The molecule has 0 saturated carbocycles. The lowest BCUT2D eigenvalue weighted by molar-refractivity contribution is -0.136. The van der Waals surface area contributed by atoms with E-state index in [1.165, 1.54) is 11.1 Å². The molecule has 0 aliphatic carbocycles. The van der Waals surface area contributed by atoms with Gasteiger partial charge in [-0.1, -0.05) is 48.6 Å². The molecule has 0 amide bonds. The van der Waals surface area contributed by atoms with Crippen molar-refractivity contribution >= 4 is 5.97 Å². The van der Waals surface area contributed by atoms with E-state index in [1.807, 2.05) is 24.5 Å². The maximum absolute atomic E-state index is 10.6. The Labute approximate surface area is 155 Å². The summed E-state index contributed by atoms with van der Waals surface area (Å²) in [5.41, 5.74) is 2.60. The maximum Gasteiger partial charge on any atom is 0.303 e. The first-order valence-electron chi connectivity index (χ1n) is 9.28. The van der Waals surface area contributed by atoms with E-state index in [1.54, 1.807) is 0 Å². The molecule has 1 N–H and O–H groups in total. The van der Waals surface area contributed by atoms with E-state index in [0.717, 1.165) is 25.9 Å². The molecule has 0 radical (unpaired) electrons.